The van der Waals surface area contributed by atoms with E-state index in [9.17, 15) is 17.6 Å². The lowest BCUT2D eigenvalue weighted by Crippen LogP contribution is -2.44. The highest BCUT2D eigenvalue weighted by Crippen LogP contribution is 2.34. The number of rotatable bonds is 7. The number of benzene rings is 3. The molecular formula is C26H27FN2O4S. The molecule has 0 spiro atoms. The van der Waals surface area contributed by atoms with Gasteiger partial charge in [0.05, 0.1) is 4.90 Å². The number of amides is 1. The molecule has 2 N–H and O–H groups in total. The van der Waals surface area contributed by atoms with Crippen LogP contribution in [0.3, 0.4) is 0 Å². The molecule has 3 aromatic carbocycles. The number of anilines is 1. The van der Waals surface area contributed by atoms with Crippen LogP contribution >= 0.6 is 0 Å². The summed E-state index contributed by atoms with van der Waals surface area (Å²) in [7, 11) is -3.87. The predicted molar refractivity (Wildman–Crippen MR) is 129 cm³/mol. The van der Waals surface area contributed by atoms with Gasteiger partial charge in [0.25, 0.3) is 15.9 Å². The molecule has 1 aliphatic rings. The largest absolute Gasteiger partial charge is 0.381 e. The number of ether oxygens (including phenoxy) is 1. The van der Waals surface area contributed by atoms with E-state index < -0.39 is 21.3 Å². The first-order valence-corrected chi connectivity index (χ1v) is 12.6. The molecule has 1 saturated heterocycles. The van der Waals surface area contributed by atoms with Crippen LogP contribution < -0.4 is 10.0 Å². The molecule has 1 fully saturated rings. The molecule has 34 heavy (non-hydrogen) atoms. The number of carbonyl (C=O) groups is 1. The van der Waals surface area contributed by atoms with E-state index in [1.165, 1.54) is 30.3 Å². The molecular weight excluding hydrogens is 455 g/mol. The number of hydrogen-bond donors (Lipinski definition) is 2. The van der Waals surface area contributed by atoms with Gasteiger partial charge in [-0.3, -0.25) is 9.52 Å². The van der Waals surface area contributed by atoms with E-state index >= 15 is 0 Å². The molecule has 1 heterocycles. The standard InChI is InChI=1S/C26H27FN2O4S/c1-19-5-2-9-23(15-19)29-34(31,32)24-10-3-6-20(16-24)25(30)28-18-26(11-13-33-14-12-26)21-7-4-8-22(27)17-21/h2-10,15-17,29H,11-14,18H2,1H3,(H,28,30). The van der Waals surface area contributed by atoms with Gasteiger partial charge in [-0.15, -0.1) is 0 Å². The summed E-state index contributed by atoms with van der Waals surface area (Å²) in [5, 5.41) is 2.93. The quantitative estimate of drug-likeness (QED) is 0.522. The summed E-state index contributed by atoms with van der Waals surface area (Å²) in [6.45, 7) is 3.20. The van der Waals surface area contributed by atoms with E-state index in [4.69, 9.17) is 4.74 Å². The Balaban J connectivity index is 1.51. The highest BCUT2D eigenvalue weighted by Gasteiger charge is 2.35. The van der Waals surface area contributed by atoms with E-state index in [2.05, 4.69) is 10.0 Å². The zero-order valence-electron chi connectivity index (χ0n) is 18.9. The van der Waals surface area contributed by atoms with Crippen LogP contribution in [0, 0.1) is 12.7 Å². The van der Waals surface area contributed by atoms with Crippen LogP contribution in [0.25, 0.3) is 0 Å². The number of hydrogen-bond acceptors (Lipinski definition) is 4. The molecule has 0 radical (unpaired) electrons. The van der Waals surface area contributed by atoms with Crippen LogP contribution in [-0.2, 0) is 20.2 Å². The fourth-order valence-electron chi connectivity index (χ4n) is 4.23. The Morgan fingerprint density at radius 2 is 1.74 bits per heavy atom. The maximum Gasteiger partial charge on any atom is 0.261 e. The van der Waals surface area contributed by atoms with Gasteiger partial charge < -0.3 is 10.1 Å². The van der Waals surface area contributed by atoms with Gasteiger partial charge in [0.2, 0.25) is 0 Å². The Morgan fingerprint density at radius 3 is 2.47 bits per heavy atom. The lowest BCUT2D eigenvalue weighted by Gasteiger charge is -2.38. The summed E-state index contributed by atoms with van der Waals surface area (Å²) in [5.41, 5.74) is 1.97. The van der Waals surface area contributed by atoms with Gasteiger partial charge in [-0.05, 0) is 73.4 Å². The van der Waals surface area contributed by atoms with Gasteiger partial charge in [0.15, 0.2) is 0 Å². The second-order valence-corrected chi connectivity index (χ2v) is 10.3. The monoisotopic (exact) mass is 482 g/mol. The molecule has 1 amide bonds. The second kappa shape index (κ2) is 9.95. The lowest BCUT2D eigenvalue weighted by atomic mass is 9.74. The number of sulfonamides is 1. The first-order valence-electron chi connectivity index (χ1n) is 11.1. The van der Waals surface area contributed by atoms with Gasteiger partial charge in [-0.1, -0.05) is 30.3 Å². The summed E-state index contributed by atoms with van der Waals surface area (Å²) in [5.74, 6) is -0.719. The molecule has 178 valence electrons. The Bertz CT molecular complexity index is 1290. The maximum absolute atomic E-state index is 13.9. The van der Waals surface area contributed by atoms with Gasteiger partial charge in [-0.25, -0.2) is 12.8 Å². The smallest absolute Gasteiger partial charge is 0.261 e. The fraction of sp³-hybridized carbons (Fsp3) is 0.269. The van der Waals surface area contributed by atoms with E-state index in [0.29, 0.717) is 31.7 Å². The van der Waals surface area contributed by atoms with E-state index in [1.807, 2.05) is 19.1 Å². The Hall–Kier alpha value is -3.23. The van der Waals surface area contributed by atoms with Gasteiger partial charge in [0, 0.05) is 36.4 Å². The number of aryl methyl sites for hydroxylation is 1. The third-order valence-electron chi connectivity index (χ3n) is 6.15. The Kier molecular flexibility index (Phi) is 7.00. The highest BCUT2D eigenvalue weighted by molar-refractivity contribution is 7.92. The van der Waals surface area contributed by atoms with Crippen molar-refractivity contribution in [2.75, 3.05) is 24.5 Å². The predicted octanol–water partition coefficient (Wildman–Crippen LogP) is 4.41. The van der Waals surface area contributed by atoms with E-state index in [-0.39, 0.29) is 22.8 Å². The summed E-state index contributed by atoms with van der Waals surface area (Å²) >= 11 is 0. The van der Waals surface area contributed by atoms with Crippen molar-refractivity contribution < 1.29 is 22.3 Å². The van der Waals surface area contributed by atoms with Gasteiger partial charge >= 0.3 is 0 Å². The molecule has 1 aliphatic heterocycles. The molecule has 0 saturated carbocycles. The molecule has 3 aromatic rings. The minimum Gasteiger partial charge on any atom is -0.381 e. The van der Waals surface area contributed by atoms with Crippen molar-refractivity contribution in [3.63, 3.8) is 0 Å². The van der Waals surface area contributed by atoms with Crippen LogP contribution in [0.4, 0.5) is 10.1 Å². The third kappa shape index (κ3) is 5.46. The molecule has 4 rings (SSSR count). The lowest BCUT2D eigenvalue weighted by molar-refractivity contribution is 0.0486. The highest BCUT2D eigenvalue weighted by atomic mass is 32.2. The molecule has 0 bridgehead atoms. The summed E-state index contributed by atoms with van der Waals surface area (Å²) < 4.78 is 47.7. The van der Waals surface area contributed by atoms with Crippen molar-refractivity contribution >= 4 is 21.6 Å². The van der Waals surface area contributed by atoms with Crippen LogP contribution in [-0.4, -0.2) is 34.1 Å². The summed E-state index contributed by atoms with van der Waals surface area (Å²) in [6, 6.07) is 19.4. The topological polar surface area (TPSA) is 84.5 Å². The zero-order valence-corrected chi connectivity index (χ0v) is 19.7. The average Bonchev–Trinajstić information content (AvgIpc) is 2.83. The SMILES string of the molecule is Cc1cccc(NS(=O)(=O)c2cccc(C(=O)NCC3(c4cccc(F)c4)CCOCC3)c2)c1. The van der Waals surface area contributed by atoms with Crippen LogP contribution in [0.15, 0.2) is 77.7 Å². The van der Waals surface area contributed by atoms with Crippen molar-refractivity contribution in [2.24, 2.45) is 0 Å². The second-order valence-electron chi connectivity index (χ2n) is 8.59. The van der Waals surface area contributed by atoms with Crippen molar-refractivity contribution in [1.82, 2.24) is 5.32 Å². The zero-order chi connectivity index (χ0) is 24.2. The maximum atomic E-state index is 13.9. The molecule has 0 unspecified atom stereocenters. The molecule has 0 atom stereocenters. The molecule has 8 heteroatoms. The van der Waals surface area contributed by atoms with Crippen molar-refractivity contribution in [2.45, 2.75) is 30.1 Å². The number of halogens is 1. The van der Waals surface area contributed by atoms with Crippen LogP contribution in [0.1, 0.15) is 34.3 Å². The summed E-state index contributed by atoms with van der Waals surface area (Å²) in [4.78, 5) is 13.0. The number of carbonyl (C=O) groups excluding carboxylic acids is 1. The van der Waals surface area contributed by atoms with Crippen LogP contribution in [0.2, 0.25) is 0 Å². The van der Waals surface area contributed by atoms with Crippen molar-refractivity contribution in [3.8, 4) is 0 Å². The number of nitrogens with one attached hydrogen (secondary N) is 2. The van der Waals surface area contributed by atoms with Crippen molar-refractivity contribution in [1.29, 1.82) is 0 Å². The Morgan fingerprint density at radius 1 is 1.00 bits per heavy atom. The molecule has 0 aliphatic carbocycles. The first-order chi connectivity index (χ1) is 16.3. The van der Waals surface area contributed by atoms with E-state index in [0.717, 1.165) is 11.1 Å². The minimum absolute atomic E-state index is 0.00688. The van der Waals surface area contributed by atoms with Crippen LogP contribution in [0.5, 0.6) is 0 Å². The summed E-state index contributed by atoms with van der Waals surface area (Å²) in [6.07, 6.45) is 1.29. The normalized spacial score (nSPS) is 15.5. The third-order valence-corrected chi connectivity index (χ3v) is 7.53. The Labute approximate surface area is 199 Å². The van der Waals surface area contributed by atoms with E-state index in [1.54, 1.807) is 30.3 Å². The van der Waals surface area contributed by atoms with Gasteiger partial charge in [0.1, 0.15) is 5.82 Å². The molecule has 0 aromatic heterocycles. The first kappa shape index (κ1) is 23.9. The average molecular weight is 483 g/mol. The minimum atomic E-state index is -3.87. The van der Waals surface area contributed by atoms with Crippen molar-refractivity contribution in [3.05, 3.63) is 95.3 Å². The molecule has 6 nitrogen and oxygen atoms in total. The van der Waals surface area contributed by atoms with Gasteiger partial charge in [-0.2, -0.15) is 0 Å². The fourth-order valence-corrected chi connectivity index (χ4v) is 5.32.